The maximum Gasteiger partial charge on any atom is 0.303 e. The average molecular weight is 241 g/mol. The lowest BCUT2D eigenvalue weighted by Gasteiger charge is -2.13. The van der Waals surface area contributed by atoms with E-state index in [1.165, 1.54) is 19.3 Å². The molecule has 4 nitrogen and oxygen atoms in total. The second-order valence-corrected chi connectivity index (χ2v) is 5.50. The molecule has 0 aromatic carbocycles. The van der Waals surface area contributed by atoms with E-state index in [9.17, 15) is 9.59 Å². The van der Waals surface area contributed by atoms with Gasteiger partial charge >= 0.3 is 5.97 Å². The maximum absolute atomic E-state index is 11.6. The Kier molecular flexibility index (Phi) is 5.45. The third-order valence-corrected chi connectivity index (χ3v) is 3.45. The number of hydrogen-bond acceptors (Lipinski definition) is 2. The van der Waals surface area contributed by atoms with Crippen LogP contribution in [0.25, 0.3) is 0 Å². The predicted octanol–water partition coefficient (Wildman–Crippen LogP) is 2.04. The Bertz CT molecular complexity index is 278. The van der Waals surface area contributed by atoms with E-state index >= 15 is 0 Å². The number of hydrogen-bond donors (Lipinski definition) is 2. The van der Waals surface area contributed by atoms with Crippen LogP contribution in [-0.2, 0) is 9.59 Å². The van der Waals surface area contributed by atoms with E-state index in [0.29, 0.717) is 12.3 Å². The zero-order valence-corrected chi connectivity index (χ0v) is 10.7. The minimum atomic E-state index is -0.838. The summed E-state index contributed by atoms with van der Waals surface area (Å²) in [5.41, 5.74) is 0. The fourth-order valence-corrected chi connectivity index (χ4v) is 2.53. The van der Waals surface area contributed by atoms with Gasteiger partial charge in [0.15, 0.2) is 0 Å². The number of amides is 1. The summed E-state index contributed by atoms with van der Waals surface area (Å²) in [5, 5.41) is 11.5. The van der Waals surface area contributed by atoms with Crippen LogP contribution in [0.15, 0.2) is 0 Å². The van der Waals surface area contributed by atoms with Crippen LogP contribution in [0.1, 0.15) is 46.0 Å². The van der Waals surface area contributed by atoms with Crippen molar-refractivity contribution in [3.63, 3.8) is 0 Å². The maximum atomic E-state index is 11.6. The fraction of sp³-hybridized carbons (Fsp3) is 0.846. The number of carbonyl (C=O) groups is 2. The van der Waals surface area contributed by atoms with Crippen LogP contribution < -0.4 is 5.32 Å². The summed E-state index contributed by atoms with van der Waals surface area (Å²) in [5.74, 6) is 0.454. The zero-order chi connectivity index (χ0) is 12.8. The zero-order valence-electron chi connectivity index (χ0n) is 10.7. The Morgan fingerprint density at radius 2 is 2.06 bits per heavy atom. The van der Waals surface area contributed by atoms with E-state index in [4.69, 9.17) is 5.11 Å². The van der Waals surface area contributed by atoms with Crippen molar-refractivity contribution in [1.82, 2.24) is 5.32 Å². The van der Waals surface area contributed by atoms with Crippen LogP contribution >= 0.6 is 0 Å². The molecule has 0 spiro atoms. The summed E-state index contributed by atoms with van der Waals surface area (Å²) < 4.78 is 0. The number of carbonyl (C=O) groups excluding carboxylic acids is 1. The van der Waals surface area contributed by atoms with Crippen LogP contribution in [0, 0.1) is 17.8 Å². The van der Waals surface area contributed by atoms with Crippen molar-refractivity contribution in [3.05, 3.63) is 0 Å². The molecule has 1 amide bonds. The first-order valence-electron chi connectivity index (χ1n) is 6.45. The molecule has 0 aromatic rings. The first-order valence-corrected chi connectivity index (χ1v) is 6.45. The molecule has 1 saturated carbocycles. The van der Waals surface area contributed by atoms with E-state index < -0.39 is 5.97 Å². The topological polar surface area (TPSA) is 66.4 Å². The second-order valence-electron chi connectivity index (χ2n) is 5.50. The third kappa shape index (κ3) is 5.71. The van der Waals surface area contributed by atoms with Gasteiger partial charge in [-0.15, -0.1) is 0 Å². The quantitative estimate of drug-likeness (QED) is 0.748. The van der Waals surface area contributed by atoms with E-state index in [0.717, 1.165) is 12.5 Å². The highest BCUT2D eigenvalue weighted by Gasteiger charge is 2.21. The standard InChI is InChI=1S/C13H23NO3/c1-9-3-4-11(5-9)8-14-12(15)6-10(2)7-13(16)17/h9-11H,3-8H2,1-2H3,(H,14,15)(H,16,17). The van der Waals surface area contributed by atoms with Crippen molar-refractivity contribution in [2.45, 2.75) is 46.0 Å². The highest BCUT2D eigenvalue weighted by atomic mass is 16.4. The SMILES string of the molecule is CC(CC(=O)O)CC(=O)NCC1CCC(C)C1. The molecule has 3 atom stereocenters. The summed E-state index contributed by atoms with van der Waals surface area (Å²) in [6.07, 6.45) is 4.04. The fourth-order valence-electron chi connectivity index (χ4n) is 2.53. The Hall–Kier alpha value is -1.06. The molecule has 2 N–H and O–H groups in total. The summed E-state index contributed by atoms with van der Waals surface area (Å²) in [7, 11) is 0. The minimum Gasteiger partial charge on any atom is -0.481 e. The number of carboxylic acid groups (broad SMARTS) is 1. The molecule has 0 aliphatic heterocycles. The van der Waals surface area contributed by atoms with Crippen LogP contribution in [0.2, 0.25) is 0 Å². The Morgan fingerprint density at radius 3 is 2.59 bits per heavy atom. The first kappa shape index (κ1) is 14.0. The molecule has 0 bridgehead atoms. The molecule has 0 radical (unpaired) electrons. The Morgan fingerprint density at radius 1 is 1.35 bits per heavy atom. The lowest BCUT2D eigenvalue weighted by molar-refractivity contribution is -0.138. The van der Waals surface area contributed by atoms with Crippen LogP contribution in [0.3, 0.4) is 0 Å². The van der Waals surface area contributed by atoms with Crippen LogP contribution in [-0.4, -0.2) is 23.5 Å². The van der Waals surface area contributed by atoms with Crippen molar-refractivity contribution in [1.29, 1.82) is 0 Å². The van der Waals surface area contributed by atoms with Gasteiger partial charge in [-0.2, -0.15) is 0 Å². The van der Waals surface area contributed by atoms with Crippen LogP contribution in [0.5, 0.6) is 0 Å². The summed E-state index contributed by atoms with van der Waals surface area (Å²) in [4.78, 5) is 22.0. The number of nitrogens with one attached hydrogen (secondary N) is 1. The van der Waals surface area contributed by atoms with Gasteiger partial charge in [0.25, 0.3) is 0 Å². The monoisotopic (exact) mass is 241 g/mol. The molecule has 98 valence electrons. The van der Waals surface area contributed by atoms with Crippen molar-refractivity contribution < 1.29 is 14.7 Å². The largest absolute Gasteiger partial charge is 0.481 e. The van der Waals surface area contributed by atoms with Crippen molar-refractivity contribution in [2.24, 2.45) is 17.8 Å². The summed E-state index contributed by atoms with van der Waals surface area (Å²) >= 11 is 0. The van der Waals surface area contributed by atoms with E-state index in [2.05, 4.69) is 12.2 Å². The van der Waals surface area contributed by atoms with E-state index in [1.54, 1.807) is 6.92 Å². The van der Waals surface area contributed by atoms with E-state index in [-0.39, 0.29) is 18.2 Å². The van der Waals surface area contributed by atoms with Gasteiger partial charge in [-0.3, -0.25) is 9.59 Å². The number of rotatable bonds is 6. The van der Waals surface area contributed by atoms with Gasteiger partial charge in [-0.1, -0.05) is 20.3 Å². The first-order chi connectivity index (χ1) is 7.97. The van der Waals surface area contributed by atoms with E-state index in [1.807, 2.05) is 0 Å². The van der Waals surface area contributed by atoms with Crippen molar-refractivity contribution >= 4 is 11.9 Å². The van der Waals surface area contributed by atoms with Gasteiger partial charge < -0.3 is 10.4 Å². The van der Waals surface area contributed by atoms with Gasteiger partial charge in [0.1, 0.15) is 0 Å². The minimum absolute atomic E-state index is 0.0155. The molecular weight excluding hydrogens is 218 g/mol. The predicted molar refractivity (Wildman–Crippen MR) is 65.5 cm³/mol. The molecule has 0 heterocycles. The van der Waals surface area contributed by atoms with Crippen molar-refractivity contribution in [2.75, 3.05) is 6.54 Å². The number of aliphatic carboxylic acids is 1. The van der Waals surface area contributed by atoms with Gasteiger partial charge in [0, 0.05) is 19.4 Å². The number of carboxylic acids is 1. The van der Waals surface area contributed by atoms with Gasteiger partial charge in [0.2, 0.25) is 5.91 Å². The molecule has 17 heavy (non-hydrogen) atoms. The average Bonchev–Trinajstić information content (AvgIpc) is 2.59. The smallest absolute Gasteiger partial charge is 0.303 e. The Labute approximate surface area is 103 Å². The van der Waals surface area contributed by atoms with Gasteiger partial charge in [-0.25, -0.2) is 0 Å². The molecule has 1 aliphatic carbocycles. The third-order valence-electron chi connectivity index (χ3n) is 3.45. The molecular formula is C13H23NO3. The Balaban J connectivity index is 2.14. The molecule has 4 heteroatoms. The highest BCUT2D eigenvalue weighted by molar-refractivity contribution is 5.77. The molecule has 1 aliphatic rings. The molecule has 1 fully saturated rings. The highest BCUT2D eigenvalue weighted by Crippen LogP contribution is 2.29. The van der Waals surface area contributed by atoms with Crippen LogP contribution in [0.4, 0.5) is 0 Å². The molecule has 1 rings (SSSR count). The lowest BCUT2D eigenvalue weighted by Crippen LogP contribution is -2.29. The molecule has 0 saturated heterocycles. The lowest BCUT2D eigenvalue weighted by atomic mass is 10.0. The summed E-state index contributed by atoms with van der Waals surface area (Å²) in [6.45, 7) is 4.80. The second kappa shape index (κ2) is 6.62. The van der Waals surface area contributed by atoms with Gasteiger partial charge in [0.05, 0.1) is 0 Å². The van der Waals surface area contributed by atoms with Crippen molar-refractivity contribution in [3.8, 4) is 0 Å². The molecule has 3 unspecified atom stereocenters. The van der Waals surface area contributed by atoms with Gasteiger partial charge in [-0.05, 0) is 30.6 Å². The molecule has 0 aromatic heterocycles. The summed E-state index contributed by atoms with van der Waals surface area (Å²) in [6, 6.07) is 0. The normalized spacial score (nSPS) is 25.5.